The number of aliphatic imine (C=N–C) groups is 1. The molecule has 25 nitrogen and oxygen atoms in total. The average molecular weight is 901 g/mol. The van der Waals surface area contributed by atoms with Gasteiger partial charge in [0, 0.05) is 62.0 Å². The maximum Gasteiger partial charge on any atom is 0.421 e. The number of guanidine groups is 1. The van der Waals surface area contributed by atoms with E-state index in [1.54, 1.807) is 11.8 Å². The fourth-order valence-electron chi connectivity index (χ4n) is 7.52. The van der Waals surface area contributed by atoms with Gasteiger partial charge in [0.05, 0.1) is 55.6 Å². The molecule has 0 aliphatic carbocycles. The molecule has 0 spiro atoms. The Bertz CT molecular complexity index is 2470. The summed E-state index contributed by atoms with van der Waals surface area (Å²) in [5.74, 6) is -7.17. The van der Waals surface area contributed by atoms with Crippen LogP contribution in [0.2, 0.25) is 0 Å². The van der Waals surface area contributed by atoms with E-state index in [1.165, 1.54) is 4.90 Å². The van der Waals surface area contributed by atoms with Crippen molar-refractivity contribution in [1.82, 2.24) is 20.4 Å². The average Bonchev–Trinajstić information content (AvgIpc) is 3.72. The van der Waals surface area contributed by atoms with E-state index in [0.717, 1.165) is 72.8 Å². The first-order chi connectivity index (χ1) is 30.7. The molecule has 0 aromatic heterocycles. The maximum absolute atomic E-state index is 13.7. The first-order valence-corrected chi connectivity index (χ1v) is 19.3. The van der Waals surface area contributed by atoms with Crippen molar-refractivity contribution in [1.29, 1.82) is 0 Å². The van der Waals surface area contributed by atoms with Crippen LogP contribution >= 0.6 is 0 Å². The Morgan fingerprint density at radius 1 is 0.708 bits per heavy atom. The molecule has 3 aliphatic rings. The Morgan fingerprint density at radius 2 is 1.12 bits per heavy atom. The number of aliphatic hydroxyl groups is 1. The molecular formula is C40H36N8O17. The number of benzene rings is 3. The zero-order chi connectivity index (χ0) is 47.4. The minimum atomic E-state index is -1.55. The third-order valence-corrected chi connectivity index (χ3v) is 10.7. The number of alkyl carbamates (subject to hydrolysis) is 2. The van der Waals surface area contributed by atoms with Crippen molar-refractivity contribution < 1.29 is 67.6 Å². The lowest BCUT2D eigenvalue weighted by Gasteiger charge is -2.47. The van der Waals surface area contributed by atoms with Crippen molar-refractivity contribution >= 4 is 65.0 Å². The number of amides is 3. The summed E-state index contributed by atoms with van der Waals surface area (Å²) in [6, 6.07) is 10.6. The largest absolute Gasteiger partial charge is 0.421 e. The van der Waals surface area contributed by atoms with Crippen LogP contribution in [0.5, 0.6) is 0 Å². The van der Waals surface area contributed by atoms with Crippen molar-refractivity contribution in [3.05, 3.63) is 131 Å². The number of nitrogens with one attached hydrogen (secondary N) is 2. The Kier molecular flexibility index (Phi) is 13.5. The molecule has 0 unspecified atom stereocenters. The quantitative estimate of drug-likeness (QED) is 0.0364. The van der Waals surface area contributed by atoms with Crippen LogP contribution in [0.25, 0.3) is 0 Å². The van der Waals surface area contributed by atoms with Crippen molar-refractivity contribution in [2.75, 3.05) is 19.6 Å². The highest BCUT2D eigenvalue weighted by Crippen LogP contribution is 2.49. The molecule has 338 valence electrons. The van der Waals surface area contributed by atoms with Crippen molar-refractivity contribution in [2.45, 2.75) is 39.0 Å². The Hall–Kier alpha value is -8.32. The van der Waals surface area contributed by atoms with Crippen molar-refractivity contribution in [3.63, 3.8) is 0 Å². The first-order valence-electron chi connectivity index (χ1n) is 19.3. The number of nitrogens with zero attached hydrogens (tertiary/aromatic N) is 6. The van der Waals surface area contributed by atoms with Gasteiger partial charge in [-0.1, -0.05) is 20.8 Å². The number of nitro benzene ring substituents is 3. The van der Waals surface area contributed by atoms with Crippen LogP contribution in [0.15, 0.2) is 89.1 Å². The molecule has 3 aromatic rings. The van der Waals surface area contributed by atoms with Gasteiger partial charge in [-0.2, -0.15) is 0 Å². The van der Waals surface area contributed by atoms with Crippen molar-refractivity contribution in [2.24, 2.45) is 22.7 Å². The second-order valence-corrected chi connectivity index (χ2v) is 15.1. The van der Waals surface area contributed by atoms with Crippen LogP contribution in [-0.2, 0) is 23.8 Å². The number of fused-ring (bicyclic) bond motifs is 1. The fourth-order valence-corrected chi connectivity index (χ4v) is 7.52. The molecule has 3 amide bonds. The summed E-state index contributed by atoms with van der Waals surface area (Å²) in [6.07, 6.45) is -4.46. The highest BCUT2D eigenvalue weighted by Gasteiger charge is 2.59. The molecule has 0 saturated carbocycles. The minimum Gasteiger partial charge on any atom is -0.390 e. The highest BCUT2D eigenvalue weighted by atomic mass is 16.6. The molecule has 3 aromatic carbocycles. The van der Waals surface area contributed by atoms with Gasteiger partial charge < -0.3 is 24.2 Å². The summed E-state index contributed by atoms with van der Waals surface area (Å²) in [5.41, 5.74) is -1.62. The van der Waals surface area contributed by atoms with Gasteiger partial charge in [0.25, 0.3) is 17.1 Å². The number of hydrogen-bond donors (Lipinski definition) is 3. The number of aliphatic hydroxyl groups excluding tert-OH is 1. The fraction of sp³-hybridized carbons (Fsp3) is 0.300. The van der Waals surface area contributed by atoms with Crippen molar-refractivity contribution in [3.8, 4) is 0 Å². The van der Waals surface area contributed by atoms with Gasteiger partial charge in [-0.3, -0.25) is 50.7 Å². The SMILES string of the molecule is CC(C)[C@H]1C(=O)N2C(C(=O)OC(=O)c3ccc([N+](=O)[O-])cc3)=C(CN3C[C@H](N=C(NC(=O)OC(=O)c4ccc([N+](=O)[O-])cc4)NC(=O)OC(=O)c4ccc([N+](=O)[O-])cc4)[C@@H](O)C3)[C@H](C)[C@H]12. The number of non-ortho nitro benzene ring substituents is 3. The standard InChI is InChI=1S/C40H36N8O17/c1-19(2)30-31-20(3)27(32(45(31)33(30)50)37(54)63-34(51)21-4-10-24(11-5-21)46(57)58)16-44-17-28(29(49)18-44)41-38(42-39(55)64-35(52)22-6-12-25(13-7-22)47(59)60)43-40(56)65-36(53)23-8-14-26(15-9-23)48(61)62/h4-15,19-20,28-31,49H,16-18H2,1-3H3,(H2,41,42,43,55,56)/t20-,28-,29-,30+,31+/m0/s1. The van der Waals surface area contributed by atoms with E-state index < -0.39 is 86.8 Å². The van der Waals surface area contributed by atoms with E-state index in [2.05, 4.69) is 4.99 Å². The van der Waals surface area contributed by atoms with E-state index in [0.29, 0.717) is 5.57 Å². The molecule has 3 heterocycles. The molecule has 65 heavy (non-hydrogen) atoms. The second-order valence-electron chi connectivity index (χ2n) is 15.1. The van der Waals surface area contributed by atoms with Gasteiger partial charge in [-0.15, -0.1) is 0 Å². The van der Waals surface area contributed by atoms with Gasteiger partial charge in [0.1, 0.15) is 5.70 Å². The van der Waals surface area contributed by atoms with E-state index in [9.17, 15) is 69.0 Å². The number of β-amino-alcohol motifs (C(OH)–C–C–N with tert-alkyl or cyclic N) is 1. The topological polar surface area (TPSA) is 340 Å². The zero-order valence-electron chi connectivity index (χ0n) is 34.2. The Labute approximate surface area is 365 Å². The number of carbonyl (C=O) groups is 7. The van der Waals surface area contributed by atoms with E-state index >= 15 is 0 Å². The molecular weight excluding hydrogens is 864 g/mol. The molecule has 3 N–H and O–H groups in total. The number of rotatable bonds is 11. The number of likely N-dealkylation sites (tertiary alicyclic amines) is 1. The minimum absolute atomic E-state index is 0.0980. The first kappa shape index (κ1) is 46.2. The molecule has 2 saturated heterocycles. The van der Waals surface area contributed by atoms with Crippen LogP contribution in [0, 0.1) is 48.1 Å². The third-order valence-electron chi connectivity index (χ3n) is 10.7. The van der Waals surface area contributed by atoms with Gasteiger partial charge >= 0.3 is 36.1 Å². The molecule has 6 rings (SSSR count). The second kappa shape index (κ2) is 19.0. The monoisotopic (exact) mass is 900 g/mol. The Balaban J connectivity index is 1.22. The van der Waals surface area contributed by atoms with Gasteiger partial charge in [0.2, 0.25) is 11.9 Å². The number of ether oxygens (including phenoxy) is 3. The predicted octanol–water partition coefficient (Wildman–Crippen LogP) is 3.02. The van der Waals surface area contributed by atoms with Gasteiger partial charge in [-0.05, 0) is 47.9 Å². The van der Waals surface area contributed by atoms with Crippen LogP contribution in [0.1, 0.15) is 51.8 Å². The number of esters is 4. The van der Waals surface area contributed by atoms with Crippen LogP contribution in [0.3, 0.4) is 0 Å². The maximum atomic E-state index is 13.7. The summed E-state index contributed by atoms with van der Waals surface area (Å²) in [7, 11) is 0. The third kappa shape index (κ3) is 10.2. The Morgan fingerprint density at radius 3 is 1.52 bits per heavy atom. The van der Waals surface area contributed by atoms with E-state index in [1.807, 2.05) is 24.5 Å². The molecule has 0 bridgehead atoms. The lowest BCUT2D eigenvalue weighted by atomic mass is 9.74. The lowest BCUT2D eigenvalue weighted by molar-refractivity contribution is -0.385. The van der Waals surface area contributed by atoms with Gasteiger partial charge in [-0.25, -0.2) is 33.8 Å². The molecule has 2 fully saturated rings. The number of nitro groups is 3. The summed E-state index contributed by atoms with van der Waals surface area (Å²) in [5, 5.41) is 48.3. The van der Waals surface area contributed by atoms with E-state index in [4.69, 9.17) is 14.2 Å². The summed E-state index contributed by atoms with van der Waals surface area (Å²) < 4.78 is 14.7. The molecule has 25 heteroatoms. The zero-order valence-corrected chi connectivity index (χ0v) is 34.2. The van der Waals surface area contributed by atoms with Crippen LogP contribution in [-0.4, -0.2) is 115 Å². The van der Waals surface area contributed by atoms with Gasteiger partial charge in [0.15, 0.2) is 0 Å². The van der Waals surface area contributed by atoms with Crippen LogP contribution < -0.4 is 10.6 Å². The number of hydrogen-bond acceptors (Lipinski definition) is 19. The molecule has 3 aliphatic heterocycles. The predicted molar refractivity (Wildman–Crippen MR) is 216 cm³/mol. The highest BCUT2D eigenvalue weighted by molar-refractivity contribution is 6.08. The number of carbonyl (C=O) groups excluding carboxylic acids is 7. The van der Waals surface area contributed by atoms with E-state index in [-0.39, 0.29) is 70.9 Å². The summed E-state index contributed by atoms with van der Waals surface area (Å²) in [6.45, 7) is 5.03. The smallest absolute Gasteiger partial charge is 0.390 e. The lowest BCUT2D eigenvalue weighted by Crippen LogP contribution is -2.62. The number of β-lactam (4-membered cyclic amide) rings is 1. The van der Waals surface area contributed by atoms with Crippen LogP contribution in [0.4, 0.5) is 26.7 Å². The summed E-state index contributed by atoms with van der Waals surface area (Å²) >= 11 is 0. The summed E-state index contributed by atoms with van der Waals surface area (Å²) in [4.78, 5) is 129. The molecule has 5 atom stereocenters. The normalized spacial score (nSPS) is 19.9. The molecule has 0 radical (unpaired) electrons.